The van der Waals surface area contributed by atoms with Gasteiger partial charge in [-0.2, -0.15) is 10.2 Å². The summed E-state index contributed by atoms with van der Waals surface area (Å²) < 4.78 is 0. The Bertz CT molecular complexity index is 566. The lowest BCUT2D eigenvalue weighted by Gasteiger charge is -2.15. The van der Waals surface area contributed by atoms with E-state index in [-0.39, 0.29) is 17.2 Å². The summed E-state index contributed by atoms with van der Waals surface area (Å²) >= 11 is 0. The van der Waals surface area contributed by atoms with Crippen LogP contribution in [0.5, 0.6) is 11.5 Å². The molecule has 92 valence electrons. The summed E-state index contributed by atoms with van der Waals surface area (Å²) in [5, 5.41) is 29.4. The van der Waals surface area contributed by atoms with Crippen LogP contribution in [0.15, 0.2) is 52.7 Å². The molecule has 2 rings (SSSR count). The summed E-state index contributed by atoms with van der Waals surface area (Å²) in [6.07, 6.45) is 0.472. The van der Waals surface area contributed by atoms with Gasteiger partial charge < -0.3 is 10.2 Å². The summed E-state index contributed by atoms with van der Waals surface area (Å²) in [5.41, 5.74) is 1.30. The van der Waals surface area contributed by atoms with Crippen molar-refractivity contribution in [2.24, 2.45) is 10.2 Å². The summed E-state index contributed by atoms with van der Waals surface area (Å²) in [6.45, 7) is 1.81. The summed E-state index contributed by atoms with van der Waals surface area (Å²) in [6, 6.07) is 12.1. The van der Waals surface area contributed by atoms with Gasteiger partial charge in [0.05, 0.1) is 11.4 Å². The molecule has 0 amide bonds. The molecule has 18 heavy (non-hydrogen) atoms. The Kier molecular flexibility index (Phi) is 3.57. The maximum atomic E-state index is 11.9. The predicted octanol–water partition coefficient (Wildman–Crippen LogP) is 3.44. The lowest BCUT2D eigenvalue weighted by Crippen LogP contribution is -1.96. The summed E-state index contributed by atoms with van der Waals surface area (Å²) in [7, 11) is 0. The first-order chi connectivity index (χ1) is 8.72. The standard InChI is InChI=1S/C14H14N2O2/c1-2-11-13(17)9-8-12(14(11)18)16-15-10-6-4-3-5-7-10/h3-9,17-18H,2H2,1H3/p-1. The number of phenols is 1. The molecule has 0 aliphatic carbocycles. The van der Waals surface area contributed by atoms with Gasteiger partial charge in [0.1, 0.15) is 5.75 Å². The van der Waals surface area contributed by atoms with Crippen LogP contribution in [0.4, 0.5) is 11.4 Å². The van der Waals surface area contributed by atoms with E-state index in [2.05, 4.69) is 10.2 Å². The molecule has 0 aliphatic heterocycles. The van der Waals surface area contributed by atoms with Gasteiger partial charge in [-0.05, 0) is 36.2 Å². The van der Waals surface area contributed by atoms with Crippen LogP contribution in [0.3, 0.4) is 0 Å². The minimum atomic E-state index is -0.266. The number of azo groups is 1. The molecule has 0 aliphatic rings. The molecule has 4 nitrogen and oxygen atoms in total. The smallest absolute Gasteiger partial charge is 0.118 e. The van der Waals surface area contributed by atoms with Gasteiger partial charge in [-0.1, -0.05) is 30.9 Å². The highest BCUT2D eigenvalue weighted by Crippen LogP contribution is 2.34. The molecule has 2 aromatic carbocycles. The van der Waals surface area contributed by atoms with Gasteiger partial charge in [0.25, 0.3) is 0 Å². The number of benzene rings is 2. The Balaban J connectivity index is 2.33. The lowest BCUT2D eigenvalue weighted by molar-refractivity contribution is -0.268. The highest BCUT2D eigenvalue weighted by molar-refractivity contribution is 5.59. The highest BCUT2D eigenvalue weighted by atomic mass is 16.3. The fourth-order valence-corrected chi connectivity index (χ4v) is 1.63. The van der Waals surface area contributed by atoms with Gasteiger partial charge >= 0.3 is 0 Å². The summed E-state index contributed by atoms with van der Waals surface area (Å²) in [5.74, 6) is -0.252. The maximum absolute atomic E-state index is 11.9. The Hall–Kier alpha value is -2.36. The van der Waals surface area contributed by atoms with Crippen molar-refractivity contribution < 1.29 is 10.2 Å². The fourth-order valence-electron chi connectivity index (χ4n) is 1.63. The van der Waals surface area contributed by atoms with Crippen molar-refractivity contribution in [2.75, 3.05) is 0 Å². The molecule has 0 fully saturated rings. The van der Waals surface area contributed by atoms with Crippen LogP contribution in [0.1, 0.15) is 12.5 Å². The average molecular weight is 241 g/mol. The molecule has 0 radical (unpaired) electrons. The lowest BCUT2D eigenvalue weighted by atomic mass is 10.1. The first-order valence-corrected chi connectivity index (χ1v) is 5.71. The third-order valence-electron chi connectivity index (χ3n) is 2.60. The Morgan fingerprint density at radius 1 is 1.06 bits per heavy atom. The molecule has 2 aromatic rings. The molecule has 0 heterocycles. The van der Waals surface area contributed by atoms with Crippen molar-refractivity contribution >= 4 is 11.4 Å². The van der Waals surface area contributed by atoms with E-state index in [0.29, 0.717) is 17.7 Å². The number of hydrogen-bond acceptors (Lipinski definition) is 4. The largest absolute Gasteiger partial charge is 0.871 e. The second kappa shape index (κ2) is 5.31. The van der Waals surface area contributed by atoms with Crippen LogP contribution in [0, 0.1) is 0 Å². The first kappa shape index (κ1) is 12.1. The van der Waals surface area contributed by atoms with E-state index in [0.717, 1.165) is 0 Å². The zero-order chi connectivity index (χ0) is 13.0. The predicted molar refractivity (Wildman–Crippen MR) is 67.5 cm³/mol. The van der Waals surface area contributed by atoms with Crippen molar-refractivity contribution in [3.05, 3.63) is 48.0 Å². The van der Waals surface area contributed by atoms with E-state index in [1.165, 1.54) is 12.1 Å². The van der Waals surface area contributed by atoms with Crippen molar-refractivity contribution in [1.29, 1.82) is 0 Å². The van der Waals surface area contributed by atoms with Crippen LogP contribution >= 0.6 is 0 Å². The molecule has 4 heteroatoms. The molecular formula is C14H13N2O2-. The van der Waals surface area contributed by atoms with Crippen molar-refractivity contribution in [2.45, 2.75) is 13.3 Å². The van der Waals surface area contributed by atoms with Gasteiger partial charge in [-0.25, -0.2) is 0 Å². The van der Waals surface area contributed by atoms with Gasteiger partial charge in [0, 0.05) is 0 Å². The van der Waals surface area contributed by atoms with Crippen LogP contribution in [0.2, 0.25) is 0 Å². The number of phenolic OH excluding ortho intramolecular Hbond substituents is 1. The van der Waals surface area contributed by atoms with Crippen LogP contribution in [0.25, 0.3) is 0 Å². The normalized spacial score (nSPS) is 10.9. The first-order valence-electron chi connectivity index (χ1n) is 5.71. The highest BCUT2D eigenvalue weighted by Gasteiger charge is 2.03. The number of aromatic hydroxyl groups is 1. The van der Waals surface area contributed by atoms with Crippen molar-refractivity contribution in [3.8, 4) is 11.5 Å². The number of rotatable bonds is 3. The maximum Gasteiger partial charge on any atom is 0.118 e. The van der Waals surface area contributed by atoms with Gasteiger partial charge in [0.15, 0.2) is 0 Å². The van der Waals surface area contributed by atoms with Crippen molar-refractivity contribution in [1.82, 2.24) is 0 Å². The second-order valence-corrected chi connectivity index (χ2v) is 3.80. The number of hydrogen-bond donors (Lipinski definition) is 1. The van der Waals surface area contributed by atoms with Gasteiger partial charge in [-0.3, -0.25) is 0 Å². The monoisotopic (exact) mass is 241 g/mol. The summed E-state index contributed by atoms with van der Waals surface area (Å²) in [4.78, 5) is 0. The van der Waals surface area contributed by atoms with E-state index in [4.69, 9.17) is 0 Å². The third-order valence-corrected chi connectivity index (χ3v) is 2.60. The molecule has 0 aromatic heterocycles. The molecule has 0 saturated carbocycles. The Morgan fingerprint density at radius 3 is 2.44 bits per heavy atom. The van der Waals surface area contributed by atoms with E-state index >= 15 is 0 Å². The molecular weight excluding hydrogens is 228 g/mol. The molecule has 1 N–H and O–H groups in total. The van der Waals surface area contributed by atoms with Crippen LogP contribution in [-0.4, -0.2) is 5.11 Å². The van der Waals surface area contributed by atoms with E-state index in [1.54, 1.807) is 12.1 Å². The minimum Gasteiger partial charge on any atom is -0.871 e. The van der Waals surface area contributed by atoms with E-state index < -0.39 is 0 Å². The fraction of sp³-hybridized carbons (Fsp3) is 0.143. The quantitative estimate of drug-likeness (QED) is 0.836. The molecule has 0 spiro atoms. The zero-order valence-electron chi connectivity index (χ0n) is 10.00. The SMILES string of the molecule is CCc1c(O)ccc(N=Nc2ccccc2)c1[O-]. The number of nitrogens with zero attached hydrogens (tertiary/aromatic N) is 2. The molecule has 0 atom stereocenters. The Morgan fingerprint density at radius 2 is 1.78 bits per heavy atom. The third kappa shape index (κ3) is 2.48. The van der Waals surface area contributed by atoms with E-state index in [1.807, 2.05) is 25.1 Å². The minimum absolute atomic E-state index is 0.0150. The van der Waals surface area contributed by atoms with Crippen molar-refractivity contribution in [3.63, 3.8) is 0 Å². The topological polar surface area (TPSA) is 68.0 Å². The average Bonchev–Trinajstić information content (AvgIpc) is 2.40. The van der Waals surface area contributed by atoms with E-state index in [9.17, 15) is 10.2 Å². The second-order valence-electron chi connectivity index (χ2n) is 3.80. The Labute approximate surface area is 105 Å². The van der Waals surface area contributed by atoms with Crippen LogP contribution < -0.4 is 5.11 Å². The molecule has 0 bridgehead atoms. The van der Waals surface area contributed by atoms with Gasteiger partial charge in [-0.15, -0.1) is 0 Å². The zero-order valence-corrected chi connectivity index (χ0v) is 10.00. The van der Waals surface area contributed by atoms with Crippen LogP contribution in [-0.2, 0) is 6.42 Å². The molecule has 0 saturated heterocycles. The van der Waals surface area contributed by atoms with Gasteiger partial charge in [0.2, 0.25) is 0 Å². The molecule has 0 unspecified atom stereocenters.